The minimum atomic E-state index is -0.132. The molecule has 1 aromatic heterocycles. The summed E-state index contributed by atoms with van der Waals surface area (Å²) in [6.45, 7) is 0. The third kappa shape index (κ3) is 2.35. The average molecular weight is 286 g/mol. The molecule has 1 aromatic carbocycles. The highest BCUT2D eigenvalue weighted by atomic mass is 16.5. The second-order valence-electron chi connectivity index (χ2n) is 5.15. The molecule has 0 aliphatic heterocycles. The van der Waals surface area contributed by atoms with E-state index in [0.717, 1.165) is 24.1 Å². The van der Waals surface area contributed by atoms with Gasteiger partial charge in [-0.1, -0.05) is 0 Å². The molecule has 0 atom stereocenters. The number of rotatable bonds is 4. The van der Waals surface area contributed by atoms with Crippen LogP contribution < -0.4 is 20.8 Å². The summed E-state index contributed by atoms with van der Waals surface area (Å²) >= 11 is 0. The molecule has 3 rings (SSSR count). The summed E-state index contributed by atoms with van der Waals surface area (Å²) < 4.78 is 12.4. The van der Waals surface area contributed by atoms with Crippen LogP contribution in [0.15, 0.2) is 35.1 Å². The first-order valence-corrected chi connectivity index (χ1v) is 6.89. The Balaban J connectivity index is 2.21. The molecule has 21 heavy (non-hydrogen) atoms. The van der Waals surface area contributed by atoms with Crippen molar-refractivity contribution in [1.29, 1.82) is 0 Å². The zero-order valence-corrected chi connectivity index (χ0v) is 12.1. The third-order valence-electron chi connectivity index (χ3n) is 3.74. The van der Waals surface area contributed by atoms with E-state index in [9.17, 15) is 4.79 Å². The van der Waals surface area contributed by atoms with Crippen molar-refractivity contribution in [2.45, 2.75) is 18.9 Å². The molecule has 0 amide bonds. The Morgan fingerprint density at radius 1 is 1.14 bits per heavy atom. The lowest BCUT2D eigenvalue weighted by Crippen LogP contribution is -2.23. The van der Waals surface area contributed by atoms with Crippen LogP contribution in [0.1, 0.15) is 18.9 Å². The largest absolute Gasteiger partial charge is 0.497 e. The van der Waals surface area contributed by atoms with Crippen molar-refractivity contribution in [3.8, 4) is 22.8 Å². The zero-order chi connectivity index (χ0) is 15.0. The van der Waals surface area contributed by atoms with Gasteiger partial charge >= 0.3 is 0 Å². The van der Waals surface area contributed by atoms with Gasteiger partial charge in [0.05, 0.1) is 25.6 Å². The fourth-order valence-corrected chi connectivity index (χ4v) is 2.49. The van der Waals surface area contributed by atoms with Gasteiger partial charge in [-0.15, -0.1) is 0 Å². The third-order valence-corrected chi connectivity index (χ3v) is 3.74. The molecule has 1 fully saturated rings. The SMILES string of the molecule is COc1ccc(-c2ccc(N)c(=O)n2C2CC2)c(OC)c1. The molecule has 5 nitrogen and oxygen atoms in total. The van der Waals surface area contributed by atoms with E-state index in [1.807, 2.05) is 24.3 Å². The van der Waals surface area contributed by atoms with Crippen LogP contribution in [0.3, 0.4) is 0 Å². The Labute approximate surface area is 122 Å². The first kappa shape index (κ1) is 13.5. The van der Waals surface area contributed by atoms with Crippen molar-refractivity contribution in [2.75, 3.05) is 20.0 Å². The van der Waals surface area contributed by atoms with Crippen LogP contribution in [-0.2, 0) is 0 Å². The van der Waals surface area contributed by atoms with Crippen LogP contribution >= 0.6 is 0 Å². The number of hydrogen-bond acceptors (Lipinski definition) is 4. The van der Waals surface area contributed by atoms with Crippen molar-refractivity contribution < 1.29 is 9.47 Å². The second-order valence-corrected chi connectivity index (χ2v) is 5.15. The first-order chi connectivity index (χ1) is 10.2. The molecule has 2 N–H and O–H groups in total. The van der Waals surface area contributed by atoms with Crippen LogP contribution in [0.4, 0.5) is 5.69 Å². The van der Waals surface area contributed by atoms with E-state index in [1.165, 1.54) is 0 Å². The Hall–Kier alpha value is -2.43. The quantitative estimate of drug-likeness (QED) is 0.937. The van der Waals surface area contributed by atoms with Gasteiger partial charge in [-0.25, -0.2) is 0 Å². The topological polar surface area (TPSA) is 66.5 Å². The molecule has 0 spiro atoms. The lowest BCUT2D eigenvalue weighted by molar-refractivity contribution is 0.395. The molecule has 0 bridgehead atoms. The van der Waals surface area contributed by atoms with Crippen LogP contribution in [0.25, 0.3) is 11.3 Å². The Morgan fingerprint density at radius 3 is 2.52 bits per heavy atom. The van der Waals surface area contributed by atoms with Gasteiger partial charge in [0.2, 0.25) is 0 Å². The number of methoxy groups -OCH3 is 2. The number of aromatic nitrogens is 1. The predicted octanol–water partition coefficient (Wildman–Crippen LogP) is 2.45. The van der Waals surface area contributed by atoms with E-state index in [4.69, 9.17) is 15.2 Å². The number of nitrogens with zero attached hydrogens (tertiary/aromatic N) is 1. The summed E-state index contributed by atoms with van der Waals surface area (Å²) in [5.74, 6) is 1.39. The summed E-state index contributed by atoms with van der Waals surface area (Å²) in [4.78, 5) is 12.3. The van der Waals surface area contributed by atoms with E-state index in [0.29, 0.717) is 11.5 Å². The maximum absolute atomic E-state index is 12.3. The maximum atomic E-state index is 12.3. The highest BCUT2D eigenvalue weighted by Crippen LogP contribution is 2.40. The van der Waals surface area contributed by atoms with Gasteiger partial charge < -0.3 is 19.8 Å². The molecule has 1 heterocycles. The standard InChI is InChI=1S/C16H18N2O3/c1-20-11-5-6-12(15(9-11)21-2)14-8-7-13(17)16(19)18(14)10-3-4-10/h5-10H,3-4,17H2,1-2H3. The summed E-state index contributed by atoms with van der Waals surface area (Å²) in [6.07, 6.45) is 2.02. The van der Waals surface area contributed by atoms with Gasteiger partial charge in [-0.2, -0.15) is 0 Å². The maximum Gasteiger partial charge on any atom is 0.274 e. The number of nitrogen functional groups attached to an aromatic ring is 1. The molecule has 2 aromatic rings. The molecule has 0 radical (unpaired) electrons. The normalized spacial score (nSPS) is 14.0. The Morgan fingerprint density at radius 2 is 1.90 bits per heavy atom. The summed E-state index contributed by atoms with van der Waals surface area (Å²) in [7, 11) is 3.22. The molecular weight excluding hydrogens is 268 g/mol. The number of nitrogens with two attached hydrogens (primary N) is 1. The fraction of sp³-hybridized carbons (Fsp3) is 0.312. The minimum absolute atomic E-state index is 0.132. The van der Waals surface area contributed by atoms with Gasteiger partial charge in [-0.05, 0) is 37.1 Å². The molecule has 1 aliphatic carbocycles. The van der Waals surface area contributed by atoms with Gasteiger partial charge in [0.25, 0.3) is 5.56 Å². The highest BCUT2D eigenvalue weighted by molar-refractivity contribution is 5.70. The van der Waals surface area contributed by atoms with Crippen LogP contribution in [0, 0.1) is 0 Å². The molecular formula is C16H18N2O3. The van der Waals surface area contributed by atoms with E-state index < -0.39 is 0 Å². The Kier molecular flexibility index (Phi) is 3.33. The van der Waals surface area contributed by atoms with Crippen LogP contribution in [0.5, 0.6) is 11.5 Å². The lowest BCUT2D eigenvalue weighted by atomic mass is 10.1. The predicted molar refractivity (Wildman–Crippen MR) is 81.9 cm³/mol. The summed E-state index contributed by atoms with van der Waals surface area (Å²) in [5, 5.41) is 0. The number of benzene rings is 1. The van der Waals surface area contributed by atoms with Gasteiger partial charge in [0, 0.05) is 17.7 Å². The molecule has 5 heteroatoms. The number of hydrogen-bond donors (Lipinski definition) is 1. The van der Waals surface area contributed by atoms with Crippen molar-refractivity contribution in [2.24, 2.45) is 0 Å². The van der Waals surface area contributed by atoms with Gasteiger partial charge in [0.15, 0.2) is 0 Å². The minimum Gasteiger partial charge on any atom is -0.497 e. The van der Waals surface area contributed by atoms with Crippen LogP contribution in [-0.4, -0.2) is 18.8 Å². The van der Waals surface area contributed by atoms with Gasteiger partial charge in [0.1, 0.15) is 11.5 Å². The monoisotopic (exact) mass is 286 g/mol. The van der Waals surface area contributed by atoms with E-state index in [-0.39, 0.29) is 17.3 Å². The number of ether oxygens (including phenoxy) is 2. The van der Waals surface area contributed by atoms with Gasteiger partial charge in [-0.3, -0.25) is 4.79 Å². The van der Waals surface area contributed by atoms with Crippen molar-refractivity contribution in [3.05, 3.63) is 40.7 Å². The van der Waals surface area contributed by atoms with Crippen molar-refractivity contribution >= 4 is 5.69 Å². The average Bonchev–Trinajstić information content (AvgIpc) is 3.33. The summed E-state index contributed by atoms with van der Waals surface area (Å²) in [6, 6.07) is 9.34. The van der Waals surface area contributed by atoms with E-state index >= 15 is 0 Å². The zero-order valence-electron chi connectivity index (χ0n) is 12.1. The molecule has 1 aliphatic rings. The summed E-state index contributed by atoms with van der Waals surface area (Å²) in [5.41, 5.74) is 7.60. The second kappa shape index (κ2) is 5.16. The fourth-order valence-electron chi connectivity index (χ4n) is 2.49. The number of pyridine rings is 1. The number of anilines is 1. The molecule has 110 valence electrons. The molecule has 1 saturated carbocycles. The Bertz CT molecular complexity index is 733. The lowest BCUT2D eigenvalue weighted by Gasteiger charge is -2.16. The van der Waals surface area contributed by atoms with Crippen LogP contribution in [0.2, 0.25) is 0 Å². The van der Waals surface area contributed by atoms with Crippen molar-refractivity contribution in [1.82, 2.24) is 4.57 Å². The van der Waals surface area contributed by atoms with Crippen molar-refractivity contribution in [3.63, 3.8) is 0 Å². The molecule has 0 saturated heterocycles. The van der Waals surface area contributed by atoms with E-state index in [1.54, 1.807) is 24.9 Å². The first-order valence-electron chi connectivity index (χ1n) is 6.89. The smallest absolute Gasteiger partial charge is 0.274 e. The highest BCUT2D eigenvalue weighted by Gasteiger charge is 2.28. The van der Waals surface area contributed by atoms with E-state index in [2.05, 4.69) is 0 Å². The molecule has 0 unspecified atom stereocenters.